The molecule has 0 bridgehead atoms. The maximum absolute atomic E-state index is 12.6. The van der Waals surface area contributed by atoms with E-state index in [-0.39, 0.29) is 40.9 Å². The molecule has 0 radical (unpaired) electrons. The van der Waals surface area contributed by atoms with E-state index in [2.05, 4.69) is 15.9 Å². The number of hydrogen-bond acceptors (Lipinski definition) is 4. The van der Waals surface area contributed by atoms with Gasteiger partial charge in [-0.1, -0.05) is 39.1 Å². The molecule has 0 heterocycles. The summed E-state index contributed by atoms with van der Waals surface area (Å²) in [6, 6.07) is 6.60. The molecule has 1 aromatic rings. The first kappa shape index (κ1) is 18.2. The minimum atomic E-state index is -3.98. The molecule has 0 aliphatic rings. The van der Waals surface area contributed by atoms with Crippen molar-refractivity contribution in [2.24, 2.45) is 0 Å². The summed E-state index contributed by atoms with van der Waals surface area (Å²) in [6.45, 7) is -0.0491. The second kappa shape index (κ2) is 7.98. The van der Waals surface area contributed by atoms with E-state index in [1.807, 2.05) is 12.1 Å². The Hall–Kier alpha value is -0.830. The lowest BCUT2D eigenvalue weighted by Gasteiger charge is -2.21. The first-order chi connectivity index (χ1) is 9.84. The third-order valence-corrected chi connectivity index (χ3v) is 5.79. The molecular formula is C12H10BrCl2N3O2S. The van der Waals surface area contributed by atoms with Crippen molar-refractivity contribution < 1.29 is 8.42 Å². The highest BCUT2D eigenvalue weighted by Gasteiger charge is 2.29. The Balaban J connectivity index is 3.29. The van der Waals surface area contributed by atoms with E-state index in [0.29, 0.717) is 4.47 Å². The molecule has 9 heteroatoms. The van der Waals surface area contributed by atoms with Gasteiger partial charge < -0.3 is 0 Å². The molecular weight excluding hydrogens is 401 g/mol. The van der Waals surface area contributed by atoms with E-state index >= 15 is 0 Å². The normalized spacial score (nSPS) is 11.1. The second-order valence-electron chi connectivity index (χ2n) is 3.92. The topological polar surface area (TPSA) is 85.0 Å². The molecule has 0 spiro atoms. The van der Waals surface area contributed by atoms with Gasteiger partial charge in [0.15, 0.2) is 0 Å². The molecule has 112 valence electrons. The summed E-state index contributed by atoms with van der Waals surface area (Å²) in [4.78, 5) is -0.218. The SMILES string of the molecule is N#CCCN(CCC#N)S(=O)(=O)c1c(Cl)cc(Br)cc1Cl. The van der Waals surface area contributed by atoms with Gasteiger partial charge in [0, 0.05) is 30.4 Å². The van der Waals surface area contributed by atoms with Crippen molar-refractivity contribution in [3.05, 3.63) is 26.7 Å². The van der Waals surface area contributed by atoms with Crippen LogP contribution < -0.4 is 0 Å². The third-order valence-electron chi connectivity index (χ3n) is 2.51. The maximum atomic E-state index is 12.6. The van der Waals surface area contributed by atoms with Crippen molar-refractivity contribution in [1.29, 1.82) is 10.5 Å². The lowest BCUT2D eigenvalue weighted by atomic mass is 10.4. The van der Waals surface area contributed by atoms with Gasteiger partial charge in [-0.25, -0.2) is 8.42 Å². The molecule has 0 aliphatic carbocycles. The van der Waals surface area contributed by atoms with Gasteiger partial charge >= 0.3 is 0 Å². The van der Waals surface area contributed by atoms with Crippen LogP contribution in [-0.4, -0.2) is 25.8 Å². The quantitative estimate of drug-likeness (QED) is 0.717. The molecule has 0 aliphatic heterocycles. The van der Waals surface area contributed by atoms with Crippen LogP contribution in [-0.2, 0) is 10.0 Å². The molecule has 0 unspecified atom stereocenters. The van der Waals surface area contributed by atoms with E-state index < -0.39 is 10.0 Å². The summed E-state index contributed by atoms with van der Waals surface area (Å²) in [7, 11) is -3.98. The highest BCUT2D eigenvalue weighted by Crippen LogP contribution is 2.34. The molecule has 21 heavy (non-hydrogen) atoms. The van der Waals surface area contributed by atoms with Crippen molar-refractivity contribution in [1.82, 2.24) is 4.31 Å². The Morgan fingerprint density at radius 3 is 1.90 bits per heavy atom. The zero-order chi connectivity index (χ0) is 16.0. The summed E-state index contributed by atoms with van der Waals surface area (Å²) >= 11 is 15.1. The van der Waals surface area contributed by atoms with E-state index in [0.717, 1.165) is 4.31 Å². The summed E-state index contributed by atoms with van der Waals surface area (Å²) in [5.74, 6) is 0. The first-order valence-corrected chi connectivity index (χ1v) is 8.72. The van der Waals surface area contributed by atoms with Gasteiger partial charge in [0.1, 0.15) is 4.90 Å². The zero-order valence-electron chi connectivity index (χ0n) is 10.7. The van der Waals surface area contributed by atoms with Crippen molar-refractivity contribution in [2.75, 3.05) is 13.1 Å². The fourth-order valence-electron chi connectivity index (χ4n) is 1.61. The second-order valence-corrected chi connectivity index (χ2v) is 7.52. The van der Waals surface area contributed by atoms with Crippen LogP contribution in [0.15, 0.2) is 21.5 Å². The predicted octanol–water partition coefficient (Wildman–Crippen LogP) is 3.57. The largest absolute Gasteiger partial charge is 0.246 e. The lowest BCUT2D eigenvalue weighted by Crippen LogP contribution is -2.33. The summed E-state index contributed by atoms with van der Waals surface area (Å²) < 4.78 is 26.8. The zero-order valence-corrected chi connectivity index (χ0v) is 14.6. The van der Waals surface area contributed by atoms with Crippen LogP contribution in [0.25, 0.3) is 0 Å². The average molecular weight is 411 g/mol. The van der Waals surface area contributed by atoms with Gasteiger partial charge in [-0.3, -0.25) is 0 Å². The van der Waals surface area contributed by atoms with Crippen LogP contribution >= 0.6 is 39.1 Å². The number of benzene rings is 1. The Bertz CT molecular complexity index is 669. The number of nitrogens with zero attached hydrogens (tertiary/aromatic N) is 3. The highest BCUT2D eigenvalue weighted by molar-refractivity contribution is 9.10. The van der Waals surface area contributed by atoms with E-state index in [9.17, 15) is 8.42 Å². The smallest absolute Gasteiger partial charge is 0.207 e. The van der Waals surface area contributed by atoms with Gasteiger partial charge in [0.2, 0.25) is 10.0 Å². The van der Waals surface area contributed by atoms with Crippen LogP contribution in [0.1, 0.15) is 12.8 Å². The van der Waals surface area contributed by atoms with Crippen LogP contribution in [0.2, 0.25) is 10.0 Å². The van der Waals surface area contributed by atoms with Crippen molar-refractivity contribution >= 4 is 49.2 Å². The number of sulfonamides is 1. The summed E-state index contributed by atoms with van der Waals surface area (Å²) in [6.07, 6.45) is 0.0207. The van der Waals surface area contributed by atoms with Crippen molar-refractivity contribution in [3.8, 4) is 12.1 Å². The van der Waals surface area contributed by atoms with Crippen LogP contribution in [0.4, 0.5) is 0 Å². The standard InChI is InChI=1S/C12H10BrCl2N3O2S/c13-9-7-10(14)12(11(15)8-9)21(19,20)18(5-1-3-16)6-2-4-17/h7-8H,1-2,5-6H2. The van der Waals surface area contributed by atoms with Crippen LogP contribution in [0, 0.1) is 22.7 Å². The molecule has 0 N–H and O–H groups in total. The summed E-state index contributed by atoms with van der Waals surface area (Å²) in [5, 5.41) is 17.2. The predicted molar refractivity (Wildman–Crippen MR) is 83.4 cm³/mol. The molecule has 0 amide bonds. The first-order valence-electron chi connectivity index (χ1n) is 5.73. The van der Waals surface area contributed by atoms with Gasteiger partial charge in [-0.2, -0.15) is 14.8 Å². The summed E-state index contributed by atoms with van der Waals surface area (Å²) in [5.41, 5.74) is 0. The maximum Gasteiger partial charge on any atom is 0.246 e. The number of nitriles is 2. The molecule has 1 aromatic carbocycles. The Kier molecular flexibility index (Phi) is 6.92. The average Bonchev–Trinajstić information content (AvgIpc) is 2.36. The van der Waals surface area contributed by atoms with Crippen molar-refractivity contribution in [2.45, 2.75) is 17.7 Å². The Morgan fingerprint density at radius 1 is 1.10 bits per heavy atom. The van der Waals surface area contributed by atoms with Gasteiger partial charge in [0.25, 0.3) is 0 Å². The Morgan fingerprint density at radius 2 is 1.52 bits per heavy atom. The number of halogens is 3. The Labute approximate surface area is 141 Å². The fraction of sp³-hybridized carbons (Fsp3) is 0.333. The lowest BCUT2D eigenvalue weighted by molar-refractivity contribution is 0.425. The van der Waals surface area contributed by atoms with E-state index in [4.69, 9.17) is 33.7 Å². The van der Waals surface area contributed by atoms with Gasteiger partial charge in [-0.05, 0) is 12.1 Å². The van der Waals surface area contributed by atoms with E-state index in [1.54, 1.807) is 0 Å². The minimum Gasteiger partial charge on any atom is -0.207 e. The number of rotatable bonds is 6. The monoisotopic (exact) mass is 409 g/mol. The van der Waals surface area contributed by atoms with Gasteiger partial charge in [-0.15, -0.1) is 0 Å². The third kappa shape index (κ3) is 4.57. The van der Waals surface area contributed by atoms with Crippen molar-refractivity contribution in [3.63, 3.8) is 0 Å². The molecule has 5 nitrogen and oxygen atoms in total. The molecule has 0 aromatic heterocycles. The molecule has 0 saturated carbocycles. The highest BCUT2D eigenvalue weighted by atomic mass is 79.9. The van der Waals surface area contributed by atoms with Crippen LogP contribution in [0.5, 0.6) is 0 Å². The van der Waals surface area contributed by atoms with E-state index in [1.165, 1.54) is 12.1 Å². The van der Waals surface area contributed by atoms with Crippen LogP contribution in [0.3, 0.4) is 0 Å². The molecule has 0 saturated heterocycles. The molecule has 0 atom stereocenters. The minimum absolute atomic E-state index is 0.0103. The molecule has 1 rings (SSSR count). The van der Waals surface area contributed by atoms with Gasteiger partial charge in [0.05, 0.1) is 22.2 Å². The number of hydrogen-bond donors (Lipinski definition) is 0. The fourth-order valence-corrected chi connectivity index (χ4v) is 4.93. The molecule has 0 fully saturated rings.